The van der Waals surface area contributed by atoms with Crippen LogP contribution < -0.4 is 0 Å². The van der Waals surface area contributed by atoms with Crippen molar-refractivity contribution in [2.45, 2.75) is 55.0 Å². The molecule has 4 aliphatic carbocycles. The molecule has 0 radical (unpaired) electrons. The molecule has 2 fully saturated rings. The van der Waals surface area contributed by atoms with Crippen LogP contribution in [0.5, 0.6) is 0 Å². The average molecular weight is 1190 g/mol. The molecule has 86 heavy (non-hydrogen) atoms. The van der Waals surface area contributed by atoms with Crippen LogP contribution in [-0.4, -0.2) is 6.88 Å². The Morgan fingerprint density at radius 2 is 0.523 bits per heavy atom. The quantitative estimate of drug-likeness (QED) is 0.0946. The molecule has 4 aliphatic rings. The van der Waals surface area contributed by atoms with Crippen molar-refractivity contribution in [1.82, 2.24) is 0 Å². The van der Waals surface area contributed by atoms with E-state index in [1.54, 1.807) is 22.3 Å². The molecule has 14 aromatic carbocycles. The van der Waals surface area contributed by atoms with Gasteiger partial charge in [-0.25, -0.2) is 0 Å². The first-order chi connectivity index (χ1) is 42.2. The molecule has 0 nitrogen and oxygen atoms in total. The maximum atomic E-state index is 2.97. The fourth-order valence-corrected chi connectivity index (χ4v) is 36.7. The van der Waals surface area contributed by atoms with Crippen LogP contribution in [0.3, 0.4) is 0 Å². The first-order valence-corrected chi connectivity index (χ1v) is 45.3. The van der Waals surface area contributed by atoms with Crippen molar-refractivity contribution >= 4 is 105 Å². The van der Waals surface area contributed by atoms with Gasteiger partial charge in [0.1, 0.15) is 0 Å². The van der Waals surface area contributed by atoms with Gasteiger partial charge in [0.05, 0.1) is 0 Å². The van der Waals surface area contributed by atoms with Crippen molar-refractivity contribution in [3.8, 4) is 44.5 Å². The van der Waals surface area contributed by atoms with Gasteiger partial charge < -0.3 is 0 Å². The summed E-state index contributed by atoms with van der Waals surface area (Å²) in [6.07, 6.45) is 13.2. The van der Waals surface area contributed by atoms with E-state index in [4.69, 9.17) is 0 Å². The molecule has 0 heterocycles. The van der Waals surface area contributed by atoms with Crippen LogP contribution in [0.1, 0.15) is 68.0 Å². The molecule has 2 unspecified atom stereocenters. The average Bonchev–Trinajstić information content (AvgIpc) is 1.49. The van der Waals surface area contributed by atoms with Crippen molar-refractivity contribution < 1.29 is 17.4 Å². The first kappa shape index (κ1) is 51.0. The molecule has 0 aliphatic heterocycles. The molecule has 18 rings (SSSR count). The summed E-state index contributed by atoms with van der Waals surface area (Å²) in [6.45, 7) is 2.59. The van der Waals surface area contributed by atoms with Gasteiger partial charge in [0.2, 0.25) is 0 Å². The standard InChI is InChI=1S/2C41H29.2CH3.H2Si.Zr/c2*1-5-13-32-28(9-1)24-29-10-2-6-14-33(29)40(32)36-19-20-37(39-23-27(22-38(36)39)21-26-17-18-26)41-34-15-7-3-11-30(34)25-31-12-4-8-16-35(31)41;;;;/h2*1-16,19-20,22-26H,17-18,21H2;2*1H3;1H2;. The third kappa shape index (κ3) is 7.88. The third-order valence-electron chi connectivity index (χ3n) is 21.1. The Labute approximate surface area is 506 Å². The molecule has 14 aromatic rings. The van der Waals surface area contributed by atoms with E-state index >= 15 is 0 Å². The summed E-state index contributed by atoms with van der Waals surface area (Å²) in [5.74, 6) is 1.41. The number of fused-ring (bicyclic) bond motifs is 10. The molecule has 0 spiro atoms. The molecule has 0 amide bonds. The molecule has 2 saturated carbocycles. The number of hydrogen-bond acceptors (Lipinski definition) is 0. The number of rotatable bonds is 10. The zero-order valence-electron chi connectivity index (χ0n) is 49.0. The van der Waals surface area contributed by atoms with E-state index in [-0.39, 0.29) is 7.25 Å². The fraction of sp³-hybridized carbons (Fsp3) is 0.143. The van der Waals surface area contributed by atoms with E-state index in [1.807, 2.05) is 0 Å². The van der Waals surface area contributed by atoms with Gasteiger partial charge in [-0.2, -0.15) is 0 Å². The molecular formula is C84H66SiZr. The number of benzene rings is 14. The van der Waals surface area contributed by atoms with Crippen LogP contribution in [0, 0.1) is 11.8 Å². The number of allylic oxidation sites excluding steroid dienone is 2. The van der Waals surface area contributed by atoms with Crippen LogP contribution in [0.2, 0.25) is 9.26 Å². The fourth-order valence-electron chi connectivity index (χ4n) is 17.2. The second kappa shape index (κ2) is 19.1. The van der Waals surface area contributed by atoms with E-state index in [9.17, 15) is 0 Å². The topological polar surface area (TPSA) is 0 Å². The predicted octanol–water partition coefficient (Wildman–Crippen LogP) is 23.1. The van der Waals surface area contributed by atoms with Gasteiger partial charge in [-0.05, 0) is 0 Å². The zero-order valence-corrected chi connectivity index (χ0v) is 52.9. The Kier molecular flexibility index (Phi) is 11.3. The normalized spacial score (nSPS) is 16.9. The van der Waals surface area contributed by atoms with E-state index in [1.165, 1.54) is 167 Å². The summed E-state index contributed by atoms with van der Waals surface area (Å²) in [5, 5.41) is 21.0. The Morgan fingerprint density at radius 3 is 0.767 bits per heavy atom. The second-order valence-corrected chi connectivity index (χ2v) is 57.8. The van der Waals surface area contributed by atoms with Crippen molar-refractivity contribution in [2.75, 3.05) is 0 Å². The van der Waals surface area contributed by atoms with Crippen LogP contribution in [0.15, 0.2) is 254 Å². The van der Waals surface area contributed by atoms with Crippen molar-refractivity contribution in [3.05, 3.63) is 276 Å². The second-order valence-electron chi connectivity index (χ2n) is 27.3. The van der Waals surface area contributed by atoms with Crippen LogP contribution in [0.25, 0.3) is 143 Å². The summed E-state index contributed by atoms with van der Waals surface area (Å²) in [6, 6.07) is 94.0. The summed E-state index contributed by atoms with van der Waals surface area (Å²) >= 11 is -4.72. The van der Waals surface area contributed by atoms with Crippen LogP contribution >= 0.6 is 0 Å². The Hall–Kier alpha value is -8.26. The van der Waals surface area contributed by atoms with E-state index in [0.29, 0.717) is 11.8 Å². The van der Waals surface area contributed by atoms with E-state index in [2.05, 4.69) is 271 Å². The summed E-state index contributed by atoms with van der Waals surface area (Å²) in [7, 11) is 0. The predicted molar refractivity (Wildman–Crippen MR) is 371 cm³/mol. The van der Waals surface area contributed by atoms with Gasteiger partial charge in [0.25, 0.3) is 0 Å². The molecule has 2 heteroatoms. The van der Waals surface area contributed by atoms with Gasteiger partial charge in [0, 0.05) is 0 Å². The van der Waals surface area contributed by atoms with Crippen molar-refractivity contribution in [1.29, 1.82) is 0 Å². The Bertz CT molecular complexity index is 4880. The summed E-state index contributed by atoms with van der Waals surface area (Å²) in [5.41, 5.74) is 20.6. The van der Waals surface area contributed by atoms with Gasteiger partial charge in [0.15, 0.2) is 0 Å². The van der Waals surface area contributed by atoms with Gasteiger partial charge in [-0.15, -0.1) is 0 Å². The SMILES string of the molecule is [CH3][Zr]([CH3])(=[SiH2])([CH]1C(CC2CC2)=Cc2c(-c3c4ccccc4cc4ccccc34)ccc(-c3c4ccccc4cc4ccccc34)c21)[CH]1C(CC2CC2)=Cc2c(-c3c4ccccc4cc4ccccc34)ccc(-c3c4ccccc4cc4ccccc34)c21. The van der Waals surface area contributed by atoms with Crippen LogP contribution in [0.4, 0.5) is 0 Å². The molecule has 410 valence electrons. The Balaban J connectivity index is 0.990. The Morgan fingerprint density at radius 1 is 0.302 bits per heavy atom. The minimum absolute atomic E-state index is 0.261. The van der Waals surface area contributed by atoms with Crippen LogP contribution in [-0.2, 0) is 17.4 Å². The molecule has 0 N–H and O–H groups in total. The monoisotopic (exact) mass is 1190 g/mol. The molecule has 0 saturated heterocycles. The zero-order chi connectivity index (χ0) is 57.0. The van der Waals surface area contributed by atoms with Gasteiger partial charge in [-0.1, -0.05) is 0 Å². The molecule has 2 atom stereocenters. The molecular weight excluding hydrogens is 1130 g/mol. The third-order valence-corrected chi connectivity index (χ3v) is 38.4. The summed E-state index contributed by atoms with van der Waals surface area (Å²) in [4.78, 5) is 0. The molecule has 0 bridgehead atoms. The first-order valence-electron chi connectivity index (χ1n) is 31.6. The molecule has 0 aromatic heterocycles. The summed E-state index contributed by atoms with van der Waals surface area (Å²) < 4.78 is 6.46. The number of hydrogen-bond donors (Lipinski definition) is 0. The van der Waals surface area contributed by atoms with E-state index in [0.717, 1.165) is 12.8 Å². The van der Waals surface area contributed by atoms with Gasteiger partial charge >= 0.3 is 510 Å². The maximum absolute atomic E-state index is 4.72. The van der Waals surface area contributed by atoms with Crippen molar-refractivity contribution in [3.63, 3.8) is 0 Å². The van der Waals surface area contributed by atoms with E-state index < -0.39 is 17.4 Å². The minimum atomic E-state index is -4.72. The van der Waals surface area contributed by atoms with Crippen molar-refractivity contribution in [2.24, 2.45) is 11.8 Å². The van der Waals surface area contributed by atoms with Gasteiger partial charge in [-0.3, -0.25) is 0 Å².